The van der Waals surface area contributed by atoms with Crippen LogP contribution in [0.1, 0.15) is 278 Å². The largest absolute Gasteiger partial charge is 0.462 e. The fourth-order valence-electron chi connectivity index (χ4n) is 8.15. The Labute approximate surface area is 422 Å². The molecule has 0 radical (unpaired) electrons. The number of unbranched alkanes of at least 4 members (excludes halogenated alkanes) is 29. The summed E-state index contributed by atoms with van der Waals surface area (Å²) in [5, 5.41) is 0. The van der Waals surface area contributed by atoms with Gasteiger partial charge in [-0.05, 0) is 77.0 Å². The molecule has 5 nitrogen and oxygen atoms in total. The lowest BCUT2D eigenvalue weighted by molar-refractivity contribution is -0.162. The molecule has 5 heteroatoms. The molecule has 0 saturated heterocycles. The molecule has 0 N–H and O–H groups in total. The third-order valence-electron chi connectivity index (χ3n) is 12.4. The molecule has 68 heavy (non-hydrogen) atoms. The molecule has 0 bridgehead atoms. The lowest BCUT2D eigenvalue weighted by Crippen LogP contribution is -2.29. The number of carbonyl (C=O) groups is 2. The molecule has 1 atom stereocenters. The van der Waals surface area contributed by atoms with E-state index in [4.69, 9.17) is 14.2 Å². The van der Waals surface area contributed by atoms with Crippen LogP contribution in [0.3, 0.4) is 0 Å². The lowest BCUT2D eigenvalue weighted by atomic mass is 10.0. The monoisotopic (exact) mass is 947 g/mol. The molecule has 0 aliphatic carbocycles. The molecular formula is C63H110O5. The van der Waals surface area contributed by atoms with E-state index in [0.717, 1.165) is 70.6 Å². The molecule has 0 amide bonds. The molecule has 392 valence electrons. The van der Waals surface area contributed by atoms with E-state index in [1.54, 1.807) is 0 Å². The Morgan fingerprint density at radius 3 is 1.16 bits per heavy atom. The second-order valence-corrected chi connectivity index (χ2v) is 19.2. The molecule has 1 unspecified atom stereocenters. The molecule has 0 aliphatic heterocycles. The number of esters is 2. The van der Waals surface area contributed by atoms with Crippen LogP contribution in [0, 0.1) is 0 Å². The van der Waals surface area contributed by atoms with E-state index in [1.165, 1.54) is 173 Å². The van der Waals surface area contributed by atoms with Crippen LogP contribution >= 0.6 is 0 Å². The van der Waals surface area contributed by atoms with Gasteiger partial charge in [0.2, 0.25) is 0 Å². The Morgan fingerprint density at radius 1 is 0.353 bits per heavy atom. The average molecular weight is 948 g/mol. The second kappa shape index (κ2) is 58.4. The average Bonchev–Trinajstić information content (AvgIpc) is 3.34. The molecule has 0 saturated carbocycles. The Kier molecular flexibility index (Phi) is 55.9. The fourth-order valence-corrected chi connectivity index (χ4v) is 8.15. The number of ether oxygens (including phenoxy) is 3. The number of hydrogen-bond acceptors (Lipinski definition) is 5. The van der Waals surface area contributed by atoms with Gasteiger partial charge < -0.3 is 14.2 Å². The van der Waals surface area contributed by atoms with Crippen LogP contribution in [0.25, 0.3) is 0 Å². The van der Waals surface area contributed by atoms with E-state index < -0.39 is 6.10 Å². The van der Waals surface area contributed by atoms with Crippen molar-refractivity contribution in [2.45, 2.75) is 284 Å². The zero-order chi connectivity index (χ0) is 49.2. The normalized spacial score (nSPS) is 12.8. The summed E-state index contributed by atoms with van der Waals surface area (Å²) in [6.07, 6.45) is 77.8. The lowest BCUT2D eigenvalue weighted by Gasteiger charge is -2.18. The molecule has 0 aromatic heterocycles. The number of carbonyl (C=O) groups excluding carboxylic acids is 2. The van der Waals surface area contributed by atoms with Crippen LogP contribution in [0.4, 0.5) is 0 Å². The maximum Gasteiger partial charge on any atom is 0.310 e. The second-order valence-electron chi connectivity index (χ2n) is 19.2. The molecule has 0 aromatic carbocycles. The quantitative estimate of drug-likeness (QED) is 0.0345. The summed E-state index contributed by atoms with van der Waals surface area (Å²) >= 11 is 0. The zero-order valence-electron chi connectivity index (χ0n) is 45.1. The van der Waals surface area contributed by atoms with E-state index in [1.807, 2.05) is 12.2 Å². The fraction of sp³-hybridized carbons (Fsp3) is 0.746. The van der Waals surface area contributed by atoms with Gasteiger partial charge in [-0.2, -0.15) is 0 Å². The van der Waals surface area contributed by atoms with Crippen molar-refractivity contribution in [3.05, 3.63) is 85.1 Å². The molecule has 0 heterocycles. The van der Waals surface area contributed by atoms with Crippen molar-refractivity contribution in [1.29, 1.82) is 0 Å². The van der Waals surface area contributed by atoms with Gasteiger partial charge in [-0.25, -0.2) is 0 Å². The van der Waals surface area contributed by atoms with Crippen LogP contribution in [0.15, 0.2) is 85.1 Å². The van der Waals surface area contributed by atoms with Gasteiger partial charge in [0.15, 0.2) is 6.10 Å². The van der Waals surface area contributed by atoms with Gasteiger partial charge >= 0.3 is 11.9 Å². The van der Waals surface area contributed by atoms with Gasteiger partial charge in [-0.15, -0.1) is 0 Å². The van der Waals surface area contributed by atoms with Gasteiger partial charge in [0, 0.05) is 13.0 Å². The van der Waals surface area contributed by atoms with Crippen LogP contribution in [0.5, 0.6) is 0 Å². The predicted molar refractivity (Wildman–Crippen MR) is 297 cm³/mol. The molecule has 0 spiro atoms. The van der Waals surface area contributed by atoms with Crippen molar-refractivity contribution in [3.8, 4) is 0 Å². The summed E-state index contributed by atoms with van der Waals surface area (Å²) < 4.78 is 17.4. The summed E-state index contributed by atoms with van der Waals surface area (Å²) in [7, 11) is 0. The predicted octanol–water partition coefficient (Wildman–Crippen LogP) is 20.0. The molecular weight excluding hydrogens is 837 g/mol. The van der Waals surface area contributed by atoms with Crippen molar-refractivity contribution >= 4 is 11.9 Å². The van der Waals surface area contributed by atoms with Crippen LogP contribution in [0.2, 0.25) is 0 Å². The highest BCUT2D eigenvalue weighted by Gasteiger charge is 2.17. The highest BCUT2D eigenvalue weighted by molar-refractivity contribution is 5.71. The van der Waals surface area contributed by atoms with Crippen LogP contribution < -0.4 is 0 Å². The van der Waals surface area contributed by atoms with Crippen molar-refractivity contribution in [2.24, 2.45) is 0 Å². The van der Waals surface area contributed by atoms with E-state index in [9.17, 15) is 9.59 Å². The molecule has 0 aliphatic rings. The summed E-state index contributed by atoms with van der Waals surface area (Å²) in [4.78, 5) is 25.5. The molecule has 0 aromatic rings. The highest BCUT2D eigenvalue weighted by atomic mass is 16.6. The minimum atomic E-state index is -0.594. The van der Waals surface area contributed by atoms with Crippen molar-refractivity contribution in [2.75, 3.05) is 19.8 Å². The van der Waals surface area contributed by atoms with Gasteiger partial charge in [-0.3, -0.25) is 9.59 Å². The first-order valence-corrected chi connectivity index (χ1v) is 29.1. The molecule has 0 fully saturated rings. The Hall–Kier alpha value is -2.92. The Bertz CT molecular complexity index is 1250. The topological polar surface area (TPSA) is 61.8 Å². The van der Waals surface area contributed by atoms with Crippen molar-refractivity contribution < 1.29 is 23.8 Å². The third-order valence-corrected chi connectivity index (χ3v) is 12.4. The van der Waals surface area contributed by atoms with E-state index in [0.29, 0.717) is 13.0 Å². The SMILES string of the molecule is CC/C=C\C/C=C\C/C=C\C/C=C\C/C=C\CC(=O)OC(COCCCCCCCCCCCCCCCCCCCC)COC(=O)CCCCCCCCCCC/C=C\C/C=C\CCCCC. The summed E-state index contributed by atoms with van der Waals surface area (Å²) in [5.74, 6) is -0.540. The number of rotatable bonds is 53. The van der Waals surface area contributed by atoms with Gasteiger partial charge in [0.05, 0.1) is 13.0 Å². The maximum atomic E-state index is 12.8. The van der Waals surface area contributed by atoms with E-state index in [-0.39, 0.29) is 31.6 Å². The summed E-state index contributed by atoms with van der Waals surface area (Å²) in [6.45, 7) is 7.62. The van der Waals surface area contributed by atoms with E-state index in [2.05, 4.69) is 93.7 Å². The maximum absolute atomic E-state index is 12.8. The minimum absolute atomic E-state index is 0.0430. The smallest absolute Gasteiger partial charge is 0.310 e. The first-order chi connectivity index (χ1) is 33.6. The third kappa shape index (κ3) is 55.7. The first kappa shape index (κ1) is 65.1. The molecule has 0 rings (SSSR count). The number of hydrogen-bond donors (Lipinski definition) is 0. The van der Waals surface area contributed by atoms with Gasteiger partial charge in [0.1, 0.15) is 6.61 Å². The van der Waals surface area contributed by atoms with Crippen molar-refractivity contribution in [1.82, 2.24) is 0 Å². The minimum Gasteiger partial charge on any atom is -0.462 e. The van der Waals surface area contributed by atoms with Crippen molar-refractivity contribution in [3.63, 3.8) is 0 Å². The van der Waals surface area contributed by atoms with Gasteiger partial charge in [-0.1, -0.05) is 273 Å². The van der Waals surface area contributed by atoms with E-state index >= 15 is 0 Å². The van der Waals surface area contributed by atoms with Crippen LogP contribution in [-0.4, -0.2) is 37.9 Å². The Morgan fingerprint density at radius 2 is 0.706 bits per heavy atom. The Balaban J connectivity index is 4.34. The number of allylic oxidation sites excluding steroid dienone is 13. The first-order valence-electron chi connectivity index (χ1n) is 29.1. The summed E-state index contributed by atoms with van der Waals surface area (Å²) in [5.41, 5.74) is 0. The van der Waals surface area contributed by atoms with Crippen LogP contribution in [-0.2, 0) is 23.8 Å². The zero-order valence-corrected chi connectivity index (χ0v) is 45.1. The highest BCUT2D eigenvalue weighted by Crippen LogP contribution is 2.16. The summed E-state index contributed by atoms with van der Waals surface area (Å²) in [6, 6.07) is 0. The standard InChI is InChI=1S/C63H110O5/c1-4-7-10-13-16-19-22-25-28-30-32-33-36-38-41-44-47-50-53-56-62(64)67-60-61(68-63(65)57-54-51-48-45-42-39-35-27-24-21-18-15-12-9-6-3)59-66-58-55-52-49-46-43-40-37-34-31-29-26-23-20-17-14-11-8-5-2/h9,12,16,18-19,21,25,27-28,35,42,45,51,54,61H,4-8,10-11,13-15,17,20,22-24,26,29-34,36-41,43-44,46-50,52-53,55-60H2,1-3H3/b12-9-,19-16-,21-18-,28-25-,35-27-,45-42-,54-51-. The van der Waals surface area contributed by atoms with Gasteiger partial charge in [0.25, 0.3) is 0 Å².